The Kier molecular flexibility index (Phi) is 7.31. The van der Waals surface area contributed by atoms with Crippen molar-refractivity contribution in [3.63, 3.8) is 0 Å². The Hall–Kier alpha value is -1.22. The van der Waals surface area contributed by atoms with E-state index in [1.165, 1.54) is 4.90 Å². The highest BCUT2D eigenvalue weighted by molar-refractivity contribution is 14.1. The lowest BCUT2D eigenvalue weighted by Gasteiger charge is -2.10. The molecule has 0 spiro atoms. The van der Waals surface area contributed by atoms with Crippen molar-refractivity contribution < 1.29 is 14.3 Å². The summed E-state index contributed by atoms with van der Waals surface area (Å²) in [5.74, 6) is 0.495. The van der Waals surface area contributed by atoms with Gasteiger partial charge in [0.05, 0.1) is 18.5 Å². The molecule has 1 fully saturated rings. The van der Waals surface area contributed by atoms with Gasteiger partial charge in [-0.05, 0) is 82.2 Å². The van der Waals surface area contributed by atoms with Gasteiger partial charge >= 0.3 is 0 Å². The summed E-state index contributed by atoms with van der Waals surface area (Å²) in [5, 5.41) is 0.784. The standard InChI is InChI=1S/C20H16Cl2INO3S/c1-2-7-24-19(25)18(28-20(24)26)10-12-4-6-17(16(23)9-12)27-11-13-3-5-14(21)15(22)8-13/h3-6,8-10H,2,7,11H2,1H3/b18-10+. The van der Waals surface area contributed by atoms with Gasteiger partial charge < -0.3 is 4.74 Å². The van der Waals surface area contributed by atoms with Crippen LogP contribution in [0.15, 0.2) is 41.3 Å². The Morgan fingerprint density at radius 3 is 2.61 bits per heavy atom. The zero-order chi connectivity index (χ0) is 20.3. The third kappa shape index (κ3) is 5.03. The van der Waals surface area contributed by atoms with Crippen molar-refractivity contribution in [3.05, 3.63) is 66.0 Å². The number of halogens is 3. The fourth-order valence-electron chi connectivity index (χ4n) is 2.58. The molecule has 0 radical (unpaired) electrons. The van der Waals surface area contributed by atoms with Crippen LogP contribution >= 0.6 is 57.6 Å². The van der Waals surface area contributed by atoms with Crippen molar-refractivity contribution >= 4 is 74.8 Å². The molecule has 2 aromatic carbocycles. The number of carbonyl (C=O) groups excluding carboxylic acids is 2. The van der Waals surface area contributed by atoms with E-state index in [0.717, 1.165) is 38.6 Å². The van der Waals surface area contributed by atoms with Gasteiger partial charge in [0.2, 0.25) is 0 Å². The molecule has 0 unspecified atom stereocenters. The number of ether oxygens (including phenoxy) is 1. The van der Waals surface area contributed by atoms with Crippen LogP contribution in [0.2, 0.25) is 10.0 Å². The number of hydrogen-bond acceptors (Lipinski definition) is 4. The molecule has 0 bridgehead atoms. The highest BCUT2D eigenvalue weighted by atomic mass is 127. The van der Waals surface area contributed by atoms with Gasteiger partial charge in [-0.25, -0.2) is 0 Å². The first-order valence-electron chi connectivity index (χ1n) is 8.50. The van der Waals surface area contributed by atoms with Gasteiger partial charge in [0, 0.05) is 6.54 Å². The first-order valence-corrected chi connectivity index (χ1v) is 11.2. The number of thioether (sulfide) groups is 1. The second-order valence-electron chi connectivity index (χ2n) is 6.06. The summed E-state index contributed by atoms with van der Waals surface area (Å²) in [6.07, 6.45) is 2.49. The minimum atomic E-state index is -0.230. The second kappa shape index (κ2) is 9.52. The third-order valence-electron chi connectivity index (χ3n) is 3.95. The molecule has 8 heteroatoms. The average Bonchev–Trinajstić information content (AvgIpc) is 2.91. The number of rotatable bonds is 6. The van der Waals surface area contributed by atoms with Gasteiger partial charge in [0.25, 0.3) is 11.1 Å². The molecule has 2 aromatic rings. The molecule has 28 heavy (non-hydrogen) atoms. The van der Waals surface area contributed by atoms with E-state index in [9.17, 15) is 9.59 Å². The molecular weight excluding hydrogens is 532 g/mol. The maximum absolute atomic E-state index is 12.3. The van der Waals surface area contributed by atoms with Crippen molar-refractivity contribution in [1.29, 1.82) is 0 Å². The Morgan fingerprint density at radius 1 is 1.14 bits per heavy atom. The van der Waals surface area contributed by atoms with Crippen LogP contribution in [0.5, 0.6) is 5.75 Å². The van der Waals surface area contributed by atoms with E-state index in [1.807, 2.05) is 31.2 Å². The first kappa shape index (κ1) is 21.5. The summed E-state index contributed by atoms with van der Waals surface area (Å²) in [5.41, 5.74) is 1.76. The molecular formula is C20H16Cl2INO3S. The number of carbonyl (C=O) groups is 2. The largest absolute Gasteiger partial charge is 0.488 e. The van der Waals surface area contributed by atoms with Crippen LogP contribution in [0.1, 0.15) is 24.5 Å². The van der Waals surface area contributed by atoms with E-state index in [-0.39, 0.29) is 11.1 Å². The molecule has 1 saturated heterocycles. The normalized spacial score (nSPS) is 15.6. The van der Waals surface area contributed by atoms with Crippen molar-refractivity contribution in [1.82, 2.24) is 4.90 Å². The molecule has 1 heterocycles. The van der Waals surface area contributed by atoms with E-state index in [4.69, 9.17) is 27.9 Å². The quantitative estimate of drug-likeness (QED) is 0.301. The van der Waals surface area contributed by atoms with Crippen LogP contribution in [-0.2, 0) is 11.4 Å². The zero-order valence-corrected chi connectivity index (χ0v) is 19.4. The van der Waals surface area contributed by atoms with E-state index in [2.05, 4.69) is 22.6 Å². The second-order valence-corrected chi connectivity index (χ2v) is 9.03. The topological polar surface area (TPSA) is 46.6 Å². The number of imide groups is 1. The molecule has 146 valence electrons. The summed E-state index contributed by atoms with van der Waals surface area (Å²) in [6, 6.07) is 11.0. The molecule has 1 aliphatic rings. The summed E-state index contributed by atoms with van der Waals surface area (Å²) < 4.78 is 6.77. The van der Waals surface area contributed by atoms with Gasteiger partial charge in [-0.3, -0.25) is 14.5 Å². The molecule has 0 saturated carbocycles. The van der Waals surface area contributed by atoms with Gasteiger partial charge in [-0.1, -0.05) is 42.3 Å². The number of hydrogen-bond donors (Lipinski definition) is 0. The van der Waals surface area contributed by atoms with Crippen LogP contribution in [0.4, 0.5) is 4.79 Å². The Morgan fingerprint density at radius 2 is 1.93 bits per heavy atom. The number of benzene rings is 2. The molecule has 0 atom stereocenters. The lowest BCUT2D eigenvalue weighted by molar-refractivity contribution is -0.122. The van der Waals surface area contributed by atoms with E-state index in [0.29, 0.717) is 28.1 Å². The SMILES string of the molecule is CCCN1C(=O)S/C(=C/c2ccc(OCc3ccc(Cl)c(Cl)c3)c(I)c2)C1=O. The molecule has 0 N–H and O–H groups in total. The molecule has 1 aliphatic heterocycles. The van der Waals surface area contributed by atoms with E-state index < -0.39 is 0 Å². The zero-order valence-electron chi connectivity index (χ0n) is 14.9. The predicted octanol–water partition coefficient (Wildman–Crippen LogP) is 6.62. The predicted molar refractivity (Wildman–Crippen MR) is 123 cm³/mol. The minimum absolute atomic E-state index is 0.214. The first-order chi connectivity index (χ1) is 13.4. The van der Waals surface area contributed by atoms with Crippen molar-refractivity contribution in [2.75, 3.05) is 6.54 Å². The average molecular weight is 548 g/mol. The van der Waals surface area contributed by atoms with Crippen LogP contribution in [0, 0.1) is 3.57 Å². The highest BCUT2D eigenvalue weighted by Gasteiger charge is 2.34. The van der Waals surface area contributed by atoms with Gasteiger partial charge in [0.15, 0.2) is 0 Å². The molecule has 4 nitrogen and oxygen atoms in total. The van der Waals surface area contributed by atoms with Gasteiger partial charge in [-0.2, -0.15) is 0 Å². The van der Waals surface area contributed by atoms with Crippen LogP contribution in [-0.4, -0.2) is 22.6 Å². The van der Waals surface area contributed by atoms with Crippen molar-refractivity contribution in [2.24, 2.45) is 0 Å². The molecule has 0 aliphatic carbocycles. The molecule has 0 aromatic heterocycles. The number of nitrogens with zero attached hydrogens (tertiary/aromatic N) is 1. The monoisotopic (exact) mass is 547 g/mol. The summed E-state index contributed by atoms with van der Waals surface area (Å²) in [4.78, 5) is 26.0. The van der Waals surface area contributed by atoms with Crippen LogP contribution in [0.25, 0.3) is 6.08 Å². The van der Waals surface area contributed by atoms with Crippen molar-refractivity contribution in [3.8, 4) is 5.75 Å². The summed E-state index contributed by atoms with van der Waals surface area (Å²) in [7, 11) is 0. The van der Waals surface area contributed by atoms with E-state index in [1.54, 1.807) is 18.2 Å². The van der Waals surface area contributed by atoms with Crippen LogP contribution in [0.3, 0.4) is 0 Å². The maximum atomic E-state index is 12.3. The Balaban J connectivity index is 1.71. The summed E-state index contributed by atoms with van der Waals surface area (Å²) in [6.45, 7) is 2.75. The van der Waals surface area contributed by atoms with Gasteiger partial charge in [-0.15, -0.1) is 0 Å². The number of amides is 2. The molecule has 3 rings (SSSR count). The molecule has 2 amide bonds. The Labute approximate surface area is 191 Å². The smallest absolute Gasteiger partial charge is 0.293 e. The lowest BCUT2D eigenvalue weighted by Crippen LogP contribution is -2.28. The fraction of sp³-hybridized carbons (Fsp3) is 0.200. The highest BCUT2D eigenvalue weighted by Crippen LogP contribution is 2.33. The lowest BCUT2D eigenvalue weighted by atomic mass is 10.2. The summed E-state index contributed by atoms with van der Waals surface area (Å²) >= 11 is 15.1. The fourth-order valence-corrected chi connectivity index (χ4v) is 4.46. The third-order valence-corrected chi connectivity index (χ3v) is 6.44. The van der Waals surface area contributed by atoms with Crippen LogP contribution < -0.4 is 4.74 Å². The van der Waals surface area contributed by atoms with Crippen molar-refractivity contribution in [2.45, 2.75) is 20.0 Å². The maximum Gasteiger partial charge on any atom is 0.293 e. The Bertz CT molecular complexity index is 964. The van der Waals surface area contributed by atoms with Gasteiger partial charge in [0.1, 0.15) is 12.4 Å². The minimum Gasteiger partial charge on any atom is -0.488 e. The van der Waals surface area contributed by atoms with E-state index >= 15 is 0 Å².